The number of rotatable bonds is 5. The van der Waals surface area contributed by atoms with E-state index in [1.807, 2.05) is 38.1 Å². The molecule has 2 N–H and O–H groups in total. The lowest BCUT2D eigenvalue weighted by atomic mass is 9.96. The topological polar surface area (TPSA) is 69.6 Å². The molecule has 0 aliphatic heterocycles. The van der Waals surface area contributed by atoms with Gasteiger partial charge in [0.1, 0.15) is 5.54 Å². The molecule has 0 radical (unpaired) electrons. The van der Waals surface area contributed by atoms with E-state index in [0.29, 0.717) is 6.54 Å². The highest BCUT2D eigenvalue weighted by Crippen LogP contribution is 2.39. The molecule has 21 heavy (non-hydrogen) atoms. The Bertz CT molecular complexity index is 537. The van der Waals surface area contributed by atoms with Crippen molar-refractivity contribution in [3.63, 3.8) is 0 Å². The zero-order chi connectivity index (χ0) is 15.6. The minimum Gasteiger partial charge on any atom is -0.480 e. The van der Waals surface area contributed by atoms with Gasteiger partial charge in [-0.25, -0.2) is 9.59 Å². The molecule has 1 fully saturated rings. The Morgan fingerprint density at radius 3 is 2.33 bits per heavy atom. The maximum Gasteiger partial charge on any atom is 0.329 e. The Labute approximate surface area is 125 Å². The van der Waals surface area contributed by atoms with Gasteiger partial charge in [0.15, 0.2) is 0 Å². The van der Waals surface area contributed by atoms with Crippen molar-refractivity contribution in [3.05, 3.63) is 29.8 Å². The standard InChI is InChI=1S/C16H22N2O3/c1-4-18(13-9-5-11(2)6-10-13)15(21)17-16(3,14(19)20)12-7-8-12/h5-6,9-10,12H,4,7-8H2,1-3H3,(H,17,21)(H,19,20). The number of anilines is 1. The van der Waals surface area contributed by atoms with Crippen molar-refractivity contribution in [2.75, 3.05) is 11.4 Å². The van der Waals surface area contributed by atoms with Gasteiger partial charge in [-0.05, 0) is 51.7 Å². The average Bonchev–Trinajstić information content (AvgIpc) is 3.26. The molecule has 1 aliphatic rings. The normalized spacial score (nSPS) is 16.9. The summed E-state index contributed by atoms with van der Waals surface area (Å²) in [5.41, 5.74) is 0.697. The second-order valence-corrected chi connectivity index (χ2v) is 5.79. The van der Waals surface area contributed by atoms with Crippen molar-refractivity contribution >= 4 is 17.7 Å². The SMILES string of the molecule is CCN(C(=O)NC(C)(C(=O)O)C1CC1)c1ccc(C)cc1. The lowest BCUT2D eigenvalue weighted by Crippen LogP contribution is -2.57. The molecular formula is C16H22N2O3. The van der Waals surface area contributed by atoms with Gasteiger partial charge in [0, 0.05) is 12.2 Å². The fourth-order valence-corrected chi connectivity index (χ4v) is 2.45. The molecule has 0 heterocycles. The van der Waals surface area contributed by atoms with Gasteiger partial charge in [0.2, 0.25) is 0 Å². The summed E-state index contributed by atoms with van der Waals surface area (Å²) in [6, 6.07) is 7.24. The molecule has 0 aromatic heterocycles. The van der Waals surface area contributed by atoms with E-state index >= 15 is 0 Å². The fourth-order valence-electron chi connectivity index (χ4n) is 2.45. The van der Waals surface area contributed by atoms with Crippen LogP contribution < -0.4 is 10.2 Å². The Kier molecular flexibility index (Phi) is 4.21. The first-order valence-electron chi connectivity index (χ1n) is 7.28. The van der Waals surface area contributed by atoms with Crippen LogP contribution in [0.4, 0.5) is 10.5 Å². The summed E-state index contributed by atoms with van der Waals surface area (Å²) in [5, 5.41) is 12.1. The Morgan fingerprint density at radius 2 is 1.90 bits per heavy atom. The van der Waals surface area contributed by atoms with Crippen LogP contribution in [0.3, 0.4) is 0 Å². The van der Waals surface area contributed by atoms with Crippen LogP contribution in [0.25, 0.3) is 0 Å². The first kappa shape index (κ1) is 15.4. The van der Waals surface area contributed by atoms with E-state index in [4.69, 9.17) is 0 Å². The van der Waals surface area contributed by atoms with Crippen molar-refractivity contribution in [1.82, 2.24) is 5.32 Å². The number of nitrogens with zero attached hydrogens (tertiary/aromatic N) is 1. The molecule has 0 bridgehead atoms. The highest BCUT2D eigenvalue weighted by Gasteiger charge is 2.49. The first-order chi connectivity index (χ1) is 9.88. The number of urea groups is 1. The predicted molar refractivity (Wildman–Crippen MR) is 81.5 cm³/mol. The Balaban J connectivity index is 2.16. The van der Waals surface area contributed by atoms with Crippen LogP contribution in [0.1, 0.15) is 32.3 Å². The van der Waals surface area contributed by atoms with E-state index < -0.39 is 11.5 Å². The van der Waals surface area contributed by atoms with Gasteiger partial charge < -0.3 is 10.4 Å². The summed E-state index contributed by atoms with van der Waals surface area (Å²) in [6.07, 6.45) is 1.69. The van der Waals surface area contributed by atoms with Crippen LogP contribution in [0, 0.1) is 12.8 Å². The number of carbonyl (C=O) groups excluding carboxylic acids is 1. The molecule has 5 nitrogen and oxygen atoms in total. The molecular weight excluding hydrogens is 268 g/mol. The molecule has 1 aromatic carbocycles. The lowest BCUT2D eigenvalue weighted by molar-refractivity contribution is -0.144. The van der Waals surface area contributed by atoms with Gasteiger partial charge in [0.25, 0.3) is 0 Å². The third-order valence-corrected chi connectivity index (χ3v) is 4.11. The predicted octanol–water partition coefficient (Wildman–Crippen LogP) is 2.78. The largest absolute Gasteiger partial charge is 0.480 e. The Hall–Kier alpha value is -2.04. The number of carboxylic acid groups (broad SMARTS) is 1. The first-order valence-corrected chi connectivity index (χ1v) is 7.28. The summed E-state index contributed by atoms with van der Waals surface area (Å²) in [5.74, 6) is -0.950. The minimum atomic E-state index is -1.19. The number of hydrogen-bond acceptors (Lipinski definition) is 2. The van der Waals surface area contributed by atoms with Crippen molar-refractivity contribution in [2.24, 2.45) is 5.92 Å². The number of aryl methyl sites for hydroxylation is 1. The quantitative estimate of drug-likeness (QED) is 0.876. The summed E-state index contributed by atoms with van der Waals surface area (Å²) in [4.78, 5) is 25.5. The number of amides is 2. The average molecular weight is 290 g/mol. The molecule has 0 saturated heterocycles. The summed E-state index contributed by atoms with van der Waals surface area (Å²) in [7, 11) is 0. The fraction of sp³-hybridized carbons (Fsp3) is 0.500. The van der Waals surface area contributed by atoms with E-state index in [9.17, 15) is 14.7 Å². The van der Waals surface area contributed by atoms with Gasteiger partial charge in [-0.15, -0.1) is 0 Å². The molecule has 1 saturated carbocycles. The zero-order valence-electron chi connectivity index (χ0n) is 12.7. The van der Waals surface area contributed by atoms with Gasteiger partial charge in [-0.3, -0.25) is 4.90 Å². The van der Waals surface area contributed by atoms with Crippen molar-refractivity contribution in [1.29, 1.82) is 0 Å². The minimum absolute atomic E-state index is 0.0238. The van der Waals surface area contributed by atoms with Gasteiger partial charge in [-0.1, -0.05) is 17.7 Å². The maximum absolute atomic E-state index is 12.5. The highest BCUT2D eigenvalue weighted by atomic mass is 16.4. The number of carbonyl (C=O) groups is 2. The van der Waals surface area contributed by atoms with Crippen molar-refractivity contribution < 1.29 is 14.7 Å². The zero-order valence-corrected chi connectivity index (χ0v) is 12.7. The number of hydrogen-bond donors (Lipinski definition) is 2. The van der Waals surface area contributed by atoms with Crippen molar-refractivity contribution in [3.8, 4) is 0 Å². The highest BCUT2D eigenvalue weighted by molar-refractivity contribution is 5.96. The summed E-state index contributed by atoms with van der Waals surface area (Å²) in [6.45, 7) is 5.92. The van der Waals surface area contributed by atoms with Crippen LogP contribution in [0.5, 0.6) is 0 Å². The van der Waals surface area contributed by atoms with Crippen molar-refractivity contribution in [2.45, 2.75) is 39.2 Å². The van der Waals surface area contributed by atoms with E-state index in [0.717, 1.165) is 24.1 Å². The van der Waals surface area contributed by atoms with Crippen LogP contribution in [-0.4, -0.2) is 29.2 Å². The molecule has 1 unspecified atom stereocenters. The molecule has 1 aromatic rings. The second kappa shape index (κ2) is 5.76. The smallest absolute Gasteiger partial charge is 0.329 e. The number of aliphatic carboxylic acids is 1. The number of benzene rings is 1. The third kappa shape index (κ3) is 3.17. The molecule has 2 amide bonds. The lowest BCUT2D eigenvalue weighted by Gasteiger charge is -2.30. The molecule has 5 heteroatoms. The summed E-state index contributed by atoms with van der Waals surface area (Å²) < 4.78 is 0. The van der Waals surface area contributed by atoms with Gasteiger partial charge >= 0.3 is 12.0 Å². The van der Waals surface area contributed by atoms with Crippen LogP contribution in [-0.2, 0) is 4.79 Å². The maximum atomic E-state index is 12.5. The van der Waals surface area contributed by atoms with Crippen LogP contribution >= 0.6 is 0 Å². The van der Waals surface area contributed by atoms with Crippen LogP contribution in [0.2, 0.25) is 0 Å². The van der Waals surface area contributed by atoms with Gasteiger partial charge in [-0.2, -0.15) is 0 Å². The van der Waals surface area contributed by atoms with Crippen LogP contribution in [0.15, 0.2) is 24.3 Å². The molecule has 114 valence electrons. The van der Waals surface area contributed by atoms with E-state index in [1.165, 1.54) is 0 Å². The van der Waals surface area contributed by atoms with E-state index in [2.05, 4.69) is 5.32 Å². The molecule has 1 aliphatic carbocycles. The Morgan fingerprint density at radius 1 is 1.33 bits per heavy atom. The van der Waals surface area contributed by atoms with E-state index in [-0.39, 0.29) is 11.9 Å². The molecule has 0 spiro atoms. The van der Waals surface area contributed by atoms with Gasteiger partial charge in [0.05, 0.1) is 0 Å². The molecule has 2 rings (SSSR count). The third-order valence-electron chi connectivity index (χ3n) is 4.11. The summed E-state index contributed by atoms with van der Waals surface area (Å²) >= 11 is 0. The number of nitrogens with one attached hydrogen (secondary N) is 1. The molecule has 1 atom stereocenters. The number of carboxylic acids is 1. The second-order valence-electron chi connectivity index (χ2n) is 5.79. The van der Waals surface area contributed by atoms with E-state index in [1.54, 1.807) is 11.8 Å². The monoisotopic (exact) mass is 290 g/mol.